The van der Waals surface area contributed by atoms with Crippen LogP contribution < -0.4 is 4.74 Å². The Hall–Kier alpha value is -1.96. The van der Waals surface area contributed by atoms with E-state index in [0.717, 1.165) is 0 Å². The molecular formula is C20H25FN2O3S. The quantitative estimate of drug-likeness (QED) is 0.787. The number of methoxy groups -OCH3 is 1. The normalized spacial score (nSPS) is 20.3. The molecule has 0 aliphatic carbocycles. The molecule has 2 aromatic rings. The minimum Gasteiger partial charge on any atom is -0.497 e. The van der Waals surface area contributed by atoms with E-state index >= 15 is 0 Å². The summed E-state index contributed by atoms with van der Waals surface area (Å²) in [5, 5.41) is 13.0. The number of thiophene rings is 1. The van der Waals surface area contributed by atoms with Crippen LogP contribution in [0.4, 0.5) is 4.39 Å². The molecule has 0 spiro atoms. The molecule has 7 heteroatoms. The lowest BCUT2D eigenvalue weighted by Gasteiger charge is -2.40. The number of amides is 1. The van der Waals surface area contributed by atoms with Crippen LogP contribution in [-0.2, 0) is 17.9 Å². The summed E-state index contributed by atoms with van der Waals surface area (Å²) in [6, 6.07) is 8.50. The van der Waals surface area contributed by atoms with Crippen LogP contribution in [0.15, 0.2) is 35.7 Å². The van der Waals surface area contributed by atoms with Crippen molar-refractivity contribution < 1.29 is 19.0 Å². The van der Waals surface area contributed by atoms with Gasteiger partial charge in [-0.3, -0.25) is 9.69 Å². The van der Waals surface area contributed by atoms with Gasteiger partial charge in [-0.25, -0.2) is 4.39 Å². The summed E-state index contributed by atoms with van der Waals surface area (Å²) in [4.78, 5) is 17.6. The number of ether oxygens (including phenoxy) is 1. The number of halogens is 1. The fraction of sp³-hybridized carbons (Fsp3) is 0.450. The average Bonchev–Trinajstić information content (AvgIpc) is 3.13. The summed E-state index contributed by atoms with van der Waals surface area (Å²) < 4.78 is 19.3. The maximum absolute atomic E-state index is 14.1. The summed E-state index contributed by atoms with van der Waals surface area (Å²) in [6.07, 6.45) is 1.10. The molecule has 146 valence electrons. The number of carbonyl (C=O) groups is 1. The number of carbonyl (C=O) groups excluding carboxylic acids is 1. The van der Waals surface area contributed by atoms with Gasteiger partial charge in [0.2, 0.25) is 0 Å². The minimum absolute atomic E-state index is 0.124. The van der Waals surface area contributed by atoms with E-state index < -0.39 is 5.60 Å². The molecule has 1 aliphatic rings. The third-order valence-corrected chi connectivity index (χ3v) is 5.72. The number of hydrogen-bond donors (Lipinski definition) is 1. The van der Waals surface area contributed by atoms with Gasteiger partial charge in [0.1, 0.15) is 11.6 Å². The first-order valence-corrected chi connectivity index (χ1v) is 9.84. The molecule has 0 bridgehead atoms. The van der Waals surface area contributed by atoms with Crippen molar-refractivity contribution in [1.29, 1.82) is 0 Å². The van der Waals surface area contributed by atoms with Crippen LogP contribution in [0.2, 0.25) is 0 Å². The summed E-state index contributed by atoms with van der Waals surface area (Å²) >= 11 is 1.65. The van der Waals surface area contributed by atoms with Crippen LogP contribution in [0, 0.1) is 5.82 Å². The Morgan fingerprint density at radius 3 is 2.93 bits per heavy atom. The Kier molecular flexibility index (Phi) is 6.14. The number of nitrogens with zero attached hydrogens (tertiary/aromatic N) is 2. The van der Waals surface area contributed by atoms with E-state index in [0.29, 0.717) is 37.2 Å². The van der Waals surface area contributed by atoms with Crippen LogP contribution in [0.25, 0.3) is 0 Å². The van der Waals surface area contributed by atoms with Gasteiger partial charge >= 0.3 is 0 Å². The Morgan fingerprint density at radius 1 is 1.41 bits per heavy atom. The molecule has 1 aromatic carbocycles. The molecule has 1 N–H and O–H groups in total. The predicted molar refractivity (Wildman–Crippen MR) is 103 cm³/mol. The van der Waals surface area contributed by atoms with Gasteiger partial charge in [0.25, 0.3) is 5.91 Å². The van der Waals surface area contributed by atoms with Gasteiger partial charge < -0.3 is 14.7 Å². The Bertz CT molecular complexity index is 784. The van der Waals surface area contributed by atoms with Crippen LogP contribution in [0.3, 0.4) is 0 Å². The second-order valence-corrected chi connectivity index (χ2v) is 8.10. The zero-order valence-corrected chi connectivity index (χ0v) is 16.5. The fourth-order valence-electron chi connectivity index (χ4n) is 3.54. The van der Waals surface area contributed by atoms with Gasteiger partial charge in [-0.2, -0.15) is 0 Å². The molecule has 27 heavy (non-hydrogen) atoms. The first-order valence-electron chi connectivity index (χ1n) is 8.96. The van der Waals surface area contributed by atoms with Crippen molar-refractivity contribution >= 4 is 17.2 Å². The minimum atomic E-state index is -1.44. The van der Waals surface area contributed by atoms with Gasteiger partial charge in [0.15, 0.2) is 5.60 Å². The zero-order valence-electron chi connectivity index (χ0n) is 15.7. The Morgan fingerprint density at radius 2 is 2.22 bits per heavy atom. The van der Waals surface area contributed by atoms with Gasteiger partial charge in [-0.15, -0.1) is 11.3 Å². The van der Waals surface area contributed by atoms with E-state index in [4.69, 9.17) is 4.74 Å². The van der Waals surface area contributed by atoms with Crippen LogP contribution in [0.5, 0.6) is 5.75 Å². The highest BCUT2D eigenvalue weighted by molar-refractivity contribution is 7.09. The van der Waals surface area contributed by atoms with Crippen LogP contribution >= 0.6 is 11.3 Å². The number of aliphatic hydroxyl groups is 1. The molecule has 3 rings (SSSR count). The standard InChI is InChI=1S/C20H25FN2O3S/c1-22(13-17-5-3-10-27-17)14-20(25)8-4-9-23(19(20)24)12-15-11-16(26-2)6-7-18(15)21/h3,5-7,10-11,25H,4,8-9,12-14H2,1-2H3. The second-order valence-electron chi connectivity index (χ2n) is 7.07. The molecular weight excluding hydrogens is 367 g/mol. The van der Waals surface area contributed by atoms with E-state index in [1.165, 1.54) is 18.1 Å². The van der Waals surface area contributed by atoms with Gasteiger partial charge in [0.05, 0.1) is 7.11 Å². The molecule has 1 unspecified atom stereocenters. The number of piperidine rings is 1. The molecule has 5 nitrogen and oxygen atoms in total. The molecule has 1 aliphatic heterocycles. The third kappa shape index (κ3) is 4.66. The lowest BCUT2D eigenvalue weighted by atomic mass is 9.90. The molecule has 0 saturated carbocycles. The van der Waals surface area contributed by atoms with Gasteiger partial charge in [0, 0.05) is 36.6 Å². The topological polar surface area (TPSA) is 53.0 Å². The van der Waals surface area contributed by atoms with Crippen molar-refractivity contribution in [1.82, 2.24) is 9.80 Å². The summed E-state index contributed by atoms with van der Waals surface area (Å²) in [7, 11) is 3.41. The third-order valence-electron chi connectivity index (χ3n) is 4.86. The van der Waals surface area contributed by atoms with Crippen molar-refractivity contribution in [3.05, 3.63) is 52.0 Å². The number of likely N-dealkylation sites (tertiary alicyclic amines) is 1. The summed E-state index contributed by atoms with van der Waals surface area (Å²) in [6.45, 7) is 1.56. The van der Waals surface area contributed by atoms with E-state index in [2.05, 4.69) is 0 Å². The van der Waals surface area contributed by atoms with E-state index in [1.54, 1.807) is 28.4 Å². The molecule has 1 aromatic heterocycles. The van der Waals surface area contributed by atoms with E-state index in [1.807, 2.05) is 29.5 Å². The molecule has 1 saturated heterocycles. The smallest absolute Gasteiger partial charge is 0.256 e. The molecule has 1 amide bonds. The van der Waals surface area contributed by atoms with E-state index in [-0.39, 0.29) is 24.8 Å². The van der Waals surface area contributed by atoms with Crippen molar-refractivity contribution in [2.24, 2.45) is 0 Å². The number of likely N-dealkylation sites (N-methyl/N-ethyl adjacent to an activating group) is 1. The first kappa shape index (κ1) is 19.8. The molecule has 0 radical (unpaired) electrons. The SMILES string of the molecule is COc1ccc(F)c(CN2CCCC(O)(CN(C)Cc3cccs3)C2=O)c1. The molecule has 1 fully saturated rings. The van der Waals surface area contributed by atoms with Crippen LogP contribution in [0.1, 0.15) is 23.3 Å². The Balaban J connectivity index is 1.69. The maximum atomic E-state index is 14.1. The average molecular weight is 392 g/mol. The van der Waals surface area contributed by atoms with Crippen molar-refractivity contribution in [3.8, 4) is 5.75 Å². The molecule has 1 atom stereocenters. The zero-order chi connectivity index (χ0) is 19.4. The van der Waals surface area contributed by atoms with Crippen LogP contribution in [-0.4, -0.2) is 53.7 Å². The highest BCUT2D eigenvalue weighted by atomic mass is 32.1. The first-order chi connectivity index (χ1) is 12.9. The summed E-state index contributed by atoms with van der Waals surface area (Å²) in [5.74, 6) is -0.177. The van der Waals surface area contributed by atoms with Crippen molar-refractivity contribution in [2.75, 3.05) is 27.2 Å². The number of hydrogen-bond acceptors (Lipinski definition) is 5. The van der Waals surface area contributed by atoms with Crippen molar-refractivity contribution in [3.63, 3.8) is 0 Å². The number of benzene rings is 1. The highest BCUT2D eigenvalue weighted by Crippen LogP contribution is 2.27. The summed E-state index contributed by atoms with van der Waals surface area (Å²) in [5.41, 5.74) is -1.06. The largest absolute Gasteiger partial charge is 0.497 e. The fourth-order valence-corrected chi connectivity index (χ4v) is 4.32. The van der Waals surface area contributed by atoms with Crippen molar-refractivity contribution in [2.45, 2.75) is 31.5 Å². The lowest BCUT2D eigenvalue weighted by Crippen LogP contribution is -2.57. The highest BCUT2D eigenvalue weighted by Gasteiger charge is 2.43. The lowest BCUT2D eigenvalue weighted by molar-refractivity contribution is -0.160. The van der Waals surface area contributed by atoms with Gasteiger partial charge in [-0.1, -0.05) is 6.07 Å². The maximum Gasteiger partial charge on any atom is 0.256 e. The monoisotopic (exact) mass is 392 g/mol. The Labute approximate surface area is 163 Å². The number of rotatable bonds is 7. The van der Waals surface area contributed by atoms with Gasteiger partial charge in [-0.05, 0) is 49.5 Å². The molecule has 2 heterocycles. The predicted octanol–water partition coefficient (Wildman–Crippen LogP) is 2.88. The second kappa shape index (κ2) is 8.37. The van der Waals surface area contributed by atoms with E-state index in [9.17, 15) is 14.3 Å².